The van der Waals surface area contributed by atoms with E-state index in [1.165, 1.54) is 0 Å². The topological polar surface area (TPSA) is 75.1 Å². The van der Waals surface area contributed by atoms with Gasteiger partial charge < -0.3 is 15.5 Å². The first-order valence-electron chi connectivity index (χ1n) is 6.61. The summed E-state index contributed by atoms with van der Waals surface area (Å²) in [5.74, 6) is 0.352. The maximum Gasteiger partial charge on any atom is 0.247 e. The monoisotopic (exact) mass is 288 g/mol. The SMILES string of the molecule is CNC(C(=O)Nc1ccc(N(C)C)cn1)c1cnn(C)c1. The first-order chi connectivity index (χ1) is 10.0. The highest BCUT2D eigenvalue weighted by Gasteiger charge is 2.20. The van der Waals surface area contributed by atoms with Gasteiger partial charge in [0.2, 0.25) is 5.91 Å². The molecule has 0 saturated heterocycles. The molecule has 1 unspecified atom stereocenters. The van der Waals surface area contributed by atoms with Crippen molar-refractivity contribution in [1.29, 1.82) is 0 Å². The molecule has 1 atom stereocenters. The van der Waals surface area contributed by atoms with Crippen LogP contribution >= 0.6 is 0 Å². The van der Waals surface area contributed by atoms with E-state index in [9.17, 15) is 4.79 Å². The molecule has 0 spiro atoms. The van der Waals surface area contributed by atoms with Gasteiger partial charge in [0.25, 0.3) is 0 Å². The number of nitrogens with one attached hydrogen (secondary N) is 2. The van der Waals surface area contributed by atoms with E-state index in [4.69, 9.17) is 0 Å². The van der Waals surface area contributed by atoms with Gasteiger partial charge in [0.1, 0.15) is 11.9 Å². The van der Waals surface area contributed by atoms with Crippen molar-refractivity contribution >= 4 is 17.4 Å². The fourth-order valence-electron chi connectivity index (χ4n) is 1.96. The summed E-state index contributed by atoms with van der Waals surface area (Å²) < 4.78 is 1.66. The number of pyridine rings is 1. The minimum Gasteiger partial charge on any atom is -0.376 e. The molecule has 2 N–H and O–H groups in total. The lowest BCUT2D eigenvalue weighted by Crippen LogP contribution is -2.30. The highest BCUT2D eigenvalue weighted by atomic mass is 16.2. The number of aryl methyl sites for hydroxylation is 1. The Morgan fingerprint density at radius 1 is 1.33 bits per heavy atom. The predicted octanol–water partition coefficient (Wildman–Crippen LogP) is 0.780. The molecule has 0 aromatic carbocycles. The molecule has 0 saturated carbocycles. The van der Waals surface area contributed by atoms with E-state index < -0.39 is 6.04 Å². The summed E-state index contributed by atoms with van der Waals surface area (Å²) in [5.41, 5.74) is 1.79. The molecule has 0 aliphatic heterocycles. The third kappa shape index (κ3) is 3.57. The van der Waals surface area contributed by atoms with Crippen LogP contribution in [0, 0.1) is 0 Å². The number of amides is 1. The van der Waals surface area contributed by atoms with Crippen LogP contribution in [0.4, 0.5) is 11.5 Å². The van der Waals surface area contributed by atoms with Crippen LogP contribution < -0.4 is 15.5 Å². The van der Waals surface area contributed by atoms with E-state index in [-0.39, 0.29) is 5.91 Å². The number of carbonyl (C=O) groups is 1. The Kier molecular flexibility index (Phi) is 4.54. The lowest BCUT2D eigenvalue weighted by atomic mass is 10.1. The highest BCUT2D eigenvalue weighted by Crippen LogP contribution is 2.16. The van der Waals surface area contributed by atoms with Crippen LogP contribution in [0.1, 0.15) is 11.6 Å². The van der Waals surface area contributed by atoms with E-state index >= 15 is 0 Å². The van der Waals surface area contributed by atoms with Gasteiger partial charge in [-0.3, -0.25) is 9.48 Å². The second-order valence-corrected chi connectivity index (χ2v) is 4.95. The molecule has 0 aliphatic rings. The quantitative estimate of drug-likeness (QED) is 0.850. The lowest BCUT2D eigenvalue weighted by Gasteiger charge is -2.15. The summed E-state index contributed by atoms with van der Waals surface area (Å²) >= 11 is 0. The number of hydrogen-bond donors (Lipinski definition) is 2. The normalized spacial score (nSPS) is 12.0. The molecule has 2 rings (SSSR count). The smallest absolute Gasteiger partial charge is 0.247 e. The van der Waals surface area contributed by atoms with E-state index in [1.54, 1.807) is 30.2 Å². The Bertz CT molecular complexity index is 604. The van der Waals surface area contributed by atoms with Crippen LogP contribution in [0.2, 0.25) is 0 Å². The zero-order valence-corrected chi connectivity index (χ0v) is 12.7. The molecule has 2 aromatic rings. The van der Waals surface area contributed by atoms with Crippen LogP contribution in [-0.4, -0.2) is 41.8 Å². The average molecular weight is 288 g/mol. The van der Waals surface area contributed by atoms with Gasteiger partial charge in [-0.1, -0.05) is 0 Å². The van der Waals surface area contributed by atoms with Crippen molar-refractivity contribution in [3.8, 4) is 0 Å². The fraction of sp³-hybridized carbons (Fsp3) is 0.357. The van der Waals surface area contributed by atoms with Crippen molar-refractivity contribution in [2.24, 2.45) is 7.05 Å². The van der Waals surface area contributed by atoms with Crippen molar-refractivity contribution in [2.45, 2.75) is 6.04 Å². The summed E-state index contributed by atoms with van der Waals surface area (Å²) in [5, 5.41) is 9.86. The second kappa shape index (κ2) is 6.36. The number of aromatic nitrogens is 3. The zero-order chi connectivity index (χ0) is 15.4. The van der Waals surface area contributed by atoms with E-state index in [0.717, 1.165) is 11.3 Å². The lowest BCUT2D eigenvalue weighted by molar-refractivity contribution is -0.118. The van der Waals surface area contributed by atoms with E-state index in [2.05, 4.69) is 20.7 Å². The van der Waals surface area contributed by atoms with Gasteiger partial charge in [-0.2, -0.15) is 5.10 Å². The number of anilines is 2. The van der Waals surface area contributed by atoms with Crippen molar-refractivity contribution in [3.05, 3.63) is 36.3 Å². The van der Waals surface area contributed by atoms with Crippen LogP contribution in [-0.2, 0) is 11.8 Å². The Labute approximate surface area is 124 Å². The third-order valence-corrected chi connectivity index (χ3v) is 3.12. The fourth-order valence-corrected chi connectivity index (χ4v) is 1.96. The molecule has 21 heavy (non-hydrogen) atoms. The predicted molar refractivity (Wildman–Crippen MR) is 82.2 cm³/mol. The average Bonchev–Trinajstić information content (AvgIpc) is 2.86. The molecule has 0 bridgehead atoms. The molecule has 2 heterocycles. The Balaban J connectivity index is 2.08. The molecule has 1 amide bonds. The maximum absolute atomic E-state index is 12.3. The summed E-state index contributed by atoms with van der Waals surface area (Å²) in [6.07, 6.45) is 5.20. The van der Waals surface area contributed by atoms with Crippen LogP contribution in [0.3, 0.4) is 0 Å². The number of carbonyl (C=O) groups excluding carboxylic acids is 1. The second-order valence-electron chi connectivity index (χ2n) is 4.95. The number of hydrogen-bond acceptors (Lipinski definition) is 5. The molecule has 7 heteroatoms. The molecular weight excluding hydrogens is 268 g/mol. The Morgan fingerprint density at radius 2 is 2.10 bits per heavy atom. The maximum atomic E-state index is 12.3. The molecule has 112 valence electrons. The molecule has 0 radical (unpaired) electrons. The van der Waals surface area contributed by atoms with Crippen LogP contribution in [0.15, 0.2) is 30.7 Å². The minimum atomic E-state index is -0.464. The van der Waals surface area contributed by atoms with Gasteiger partial charge in [-0.15, -0.1) is 0 Å². The van der Waals surface area contributed by atoms with Crippen molar-refractivity contribution in [1.82, 2.24) is 20.1 Å². The van der Waals surface area contributed by atoms with Gasteiger partial charge in [-0.25, -0.2) is 4.98 Å². The van der Waals surface area contributed by atoms with Gasteiger partial charge in [0, 0.05) is 32.9 Å². The zero-order valence-electron chi connectivity index (χ0n) is 12.7. The summed E-state index contributed by atoms with van der Waals surface area (Å²) in [6.45, 7) is 0. The third-order valence-electron chi connectivity index (χ3n) is 3.12. The van der Waals surface area contributed by atoms with Crippen LogP contribution in [0.25, 0.3) is 0 Å². The van der Waals surface area contributed by atoms with Gasteiger partial charge in [-0.05, 0) is 19.2 Å². The summed E-state index contributed by atoms with van der Waals surface area (Å²) in [4.78, 5) is 18.5. The number of nitrogens with zero attached hydrogens (tertiary/aromatic N) is 4. The summed E-state index contributed by atoms with van der Waals surface area (Å²) in [6, 6.07) is 3.22. The van der Waals surface area contributed by atoms with Gasteiger partial charge in [0.15, 0.2) is 0 Å². The molecule has 0 aliphatic carbocycles. The molecule has 2 aromatic heterocycles. The molecule has 7 nitrogen and oxygen atoms in total. The standard InChI is InChI=1S/C14H20N6O/c1-15-13(10-7-17-20(4)9-10)14(21)18-12-6-5-11(8-16-12)19(2)3/h5-9,13,15H,1-4H3,(H,16,18,21). The van der Waals surface area contributed by atoms with Crippen molar-refractivity contribution < 1.29 is 4.79 Å². The molecule has 0 fully saturated rings. The first kappa shape index (κ1) is 15.0. The minimum absolute atomic E-state index is 0.171. The first-order valence-corrected chi connectivity index (χ1v) is 6.61. The molecular formula is C14H20N6O. The van der Waals surface area contributed by atoms with E-state index in [1.807, 2.05) is 38.3 Å². The Morgan fingerprint density at radius 3 is 2.57 bits per heavy atom. The van der Waals surface area contributed by atoms with Crippen molar-refractivity contribution in [3.63, 3.8) is 0 Å². The van der Waals surface area contributed by atoms with Gasteiger partial charge in [0.05, 0.1) is 18.1 Å². The Hall–Kier alpha value is -2.41. The van der Waals surface area contributed by atoms with E-state index in [0.29, 0.717) is 5.82 Å². The summed E-state index contributed by atoms with van der Waals surface area (Å²) in [7, 11) is 7.43. The van der Waals surface area contributed by atoms with Crippen LogP contribution in [0.5, 0.6) is 0 Å². The highest BCUT2D eigenvalue weighted by molar-refractivity contribution is 5.94. The largest absolute Gasteiger partial charge is 0.376 e. The van der Waals surface area contributed by atoms with Crippen molar-refractivity contribution in [2.75, 3.05) is 31.4 Å². The van der Waals surface area contributed by atoms with Gasteiger partial charge >= 0.3 is 0 Å². The number of likely N-dealkylation sites (N-methyl/N-ethyl adjacent to an activating group) is 1. The number of rotatable bonds is 5.